The van der Waals surface area contributed by atoms with Crippen LogP contribution in [0.1, 0.15) is 5.76 Å². The molecule has 0 fully saturated rings. The second-order valence-corrected chi connectivity index (χ2v) is 7.67. The van der Waals surface area contributed by atoms with Gasteiger partial charge in [0.05, 0.1) is 11.2 Å². The molecular weight excluding hydrogens is 432 g/mol. The molecule has 0 aliphatic carbocycles. The number of nitriles is 1. The van der Waals surface area contributed by atoms with Gasteiger partial charge in [0.15, 0.2) is 0 Å². The molecule has 1 N–H and O–H groups in total. The molecule has 0 unspecified atom stereocenters. The third-order valence-electron chi connectivity index (χ3n) is 4.54. The lowest BCUT2D eigenvalue weighted by atomic mass is 10.1. The number of rotatable bonds is 6. The van der Waals surface area contributed by atoms with Crippen LogP contribution in [0.2, 0.25) is 0 Å². The van der Waals surface area contributed by atoms with Gasteiger partial charge in [0.1, 0.15) is 23.2 Å². The van der Waals surface area contributed by atoms with Crippen LogP contribution in [0.25, 0.3) is 28.3 Å². The number of aromatic nitrogens is 1. The van der Waals surface area contributed by atoms with E-state index in [1.165, 1.54) is 6.08 Å². The molecular formula is C24H15F2N3O2S. The van der Waals surface area contributed by atoms with Crippen LogP contribution in [0.5, 0.6) is 0 Å². The van der Waals surface area contributed by atoms with E-state index in [1.54, 1.807) is 60.8 Å². The molecule has 0 saturated carbocycles. The molecule has 158 valence electrons. The molecule has 0 atom stereocenters. The highest BCUT2D eigenvalue weighted by Crippen LogP contribution is 2.29. The maximum absolute atomic E-state index is 12.7. The highest BCUT2D eigenvalue weighted by molar-refractivity contribution is 7.99. The summed E-state index contributed by atoms with van der Waals surface area (Å²) in [6.07, 6.45) is 3.01. The van der Waals surface area contributed by atoms with E-state index in [0.717, 1.165) is 10.9 Å². The normalized spacial score (nSPS) is 11.5. The fourth-order valence-corrected chi connectivity index (χ4v) is 3.58. The van der Waals surface area contributed by atoms with Gasteiger partial charge in [-0.2, -0.15) is 14.0 Å². The Balaban J connectivity index is 1.53. The van der Waals surface area contributed by atoms with Gasteiger partial charge in [0, 0.05) is 28.1 Å². The fraction of sp³-hybridized carbons (Fsp3) is 0.0417. The zero-order chi connectivity index (χ0) is 22.5. The van der Waals surface area contributed by atoms with Crippen molar-refractivity contribution in [3.8, 4) is 17.4 Å². The smallest absolute Gasteiger partial charge is 0.288 e. The predicted molar refractivity (Wildman–Crippen MR) is 120 cm³/mol. The minimum atomic E-state index is -2.48. The van der Waals surface area contributed by atoms with Crippen molar-refractivity contribution in [2.24, 2.45) is 0 Å². The lowest BCUT2D eigenvalue weighted by Gasteiger charge is -2.07. The number of hydrogen-bond acceptors (Lipinski definition) is 5. The maximum Gasteiger partial charge on any atom is 0.288 e. The van der Waals surface area contributed by atoms with Crippen molar-refractivity contribution in [1.82, 2.24) is 4.98 Å². The fourth-order valence-electron chi connectivity index (χ4n) is 3.08. The molecule has 4 aromatic rings. The van der Waals surface area contributed by atoms with Crippen LogP contribution >= 0.6 is 11.8 Å². The van der Waals surface area contributed by atoms with E-state index >= 15 is 0 Å². The van der Waals surface area contributed by atoms with Crippen LogP contribution in [-0.4, -0.2) is 16.6 Å². The number of amides is 1. The summed E-state index contributed by atoms with van der Waals surface area (Å²) >= 11 is 0.465. The second kappa shape index (κ2) is 9.45. The molecule has 0 aliphatic rings. The van der Waals surface area contributed by atoms with E-state index < -0.39 is 11.7 Å². The van der Waals surface area contributed by atoms with E-state index in [1.807, 2.05) is 18.2 Å². The zero-order valence-corrected chi connectivity index (χ0v) is 17.3. The number of nitrogens with one attached hydrogen (secondary N) is 1. The number of nitrogens with zero attached hydrogens (tertiary/aromatic N) is 2. The average molecular weight is 447 g/mol. The van der Waals surface area contributed by atoms with Gasteiger partial charge in [-0.25, -0.2) is 0 Å². The maximum atomic E-state index is 12.7. The van der Waals surface area contributed by atoms with Crippen molar-refractivity contribution in [1.29, 1.82) is 5.26 Å². The summed E-state index contributed by atoms with van der Waals surface area (Å²) in [4.78, 5) is 17.4. The summed E-state index contributed by atoms with van der Waals surface area (Å²) in [6.45, 7) is 0. The Hall–Kier alpha value is -3.96. The number of pyridine rings is 1. The van der Waals surface area contributed by atoms with Crippen LogP contribution in [-0.2, 0) is 4.79 Å². The quantitative estimate of drug-likeness (QED) is 0.211. The highest BCUT2D eigenvalue weighted by Gasteiger charge is 2.13. The van der Waals surface area contributed by atoms with Crippen molar-refractivity contribution in [2.45, 2.75) is 10.7 Å². The van der Waals surface area contributed by atoms with Crippen molar-refractivity contribution in [3.05, 3.63) is 84.3 Å². The first-order chi connectivity index (χ1) is 15.5. The predicted octanol–water partition coefficient (Wildman–Crippen LogP) is 6.36. The van der Waals surface area contributed by atoms with Crippen LogP contribution < -0.4 is 5.32 Å². The van der Waals surface area contributed by atoms with E-state index in [9.17, 15) is 18.8 Å². The molecule has 0 bridgehead atoms. The van der Waals surface area contributed by atoms with Crippen molar-refractivity contribution >= 4 is 40.3 Å². The number of carbonyl (C=O) groups is 1. The number of halogens is 2. The molecule has 32 heavy (non-hydrogen) atoms. The number of alkyl halides is 2. The largest absolute Gasteiger partial charge is 0.457 e. The summed E-state index contributed by atoms with van der Waals surface area (Å²) in [5.74, 6) is -2.25. The Kier molecular flexibility index (Phi) is 6.29. The summed E-state index contributed by atoms with van der Waals surface area (Å²) < 4.78 is 30.6. The van der Waals surface area contributed by atoms with E-state index in [0.29, 0.717) is 39.4 Å². The molecule has 2 aromatic carbocycles. The third-order valence-corrected chi connectivity index (χ3v) is 5.26. The Bertz CT molecular complexity index is 1340. The molecule has 5 nitrogen and oxygen atoms in total. The standard InChI is InChI=1S/C24H15F2N3O2S/c25-24(26)32-18-9-6-15(7-10-18)22-11-8-17(31-22)13-16(14-27)23(30)29-21-5-1-4-20-19(21)3-2-12-28-20/h1-13,24H,(H,29,30)/b16-13+. The lowest BCUT2D eigenvalue weighted by molar-refractivity contribution is -0.112. The Morgan fingerprint density at radius 3 is 2.66 bits per heavy atom. The van der Waals surface area contributed by atoms with Crippen LogP contribution in [0, 0.1) is 11.3 Å². The van der Waals surface area contributed by atoms with Crippen LogP contribution in [0.4, 0.5) is 14.5 Å². The first kappa shape index (κ1) is 21.3. The van der Waals surface area contributed by atoms with Crippen molar-refractivity contribution in [2.75, 3.05) is 5.32 Å². The first-order valence-corrected chi connectivity index (χ1v) is 10.3. The van der Waals surface area contributed by atoms with Crippen molar-refractivity contribution < 1.29 is 18.0 Å². The van der Waals surface area contributed by atoms with Gasteiger partial charge in [-0.1, -0.05) is 30.0 Å². The highest BCUT2D eigenvalue weighted by atomic mass is 32.2. The van der Waals surface area contributed by atoms with Gasteiger partial charge >= 0.3 is 0 Å². The average Bonchev–Trinajstić information content (AvgIpc) is 3.26. The minimum absolute atomic E-state index is 0.129. The number of carbonyl (C=O) groups excluding carboxylic acids is 1. The third kappa shape index (κ3) is 4.85. The zero-order valence-electron chi connectivity index (χ0n) is 16.5. The van der Waals surface area contributed by atoms with Crippen LogP contribution in [0.3, 0.4) is 0 Å². The van der Waals surface area contributed by atoms with E-state index in [4.69, 9.17) is 4.42 Å². The van der Waals surface area contributed by atoms with Gasteiger partial charge in [-0.15, -0.1) is 0 Å². The summed E-state index contributed by atoms with van der Waals surface area (Å²) in [5.41, 5.74) is 1.83. The molecule has 2 aromatic heterocycles. The van der Waals surface area contributed by atoms with Gasteiger partial charge < -0.3 is 9.73 Å². The van der Waals surface area contributed by atoms with Crippen LogP contribution in [0.15, 0.2) is 87.8 Å². The minimum Gasteiger partial charge on any atom is -0.457 e. The van der Waals surface area contributed by atoms with Crippen molar-refractivity contribution in [3.63, 3.8) is 0 Å². The number of thioether (sulfide) groups is 1. The lowest BCUT2D eigenvalue weighted by Crippen LogP contribution is -2.13. The topological polar surface area (TPSA) is 78.9 Å². The van der Waals surface area contributed by atoms with Gasteiger partial charge in [-0.3, -0.25) is 9.78 Å². The molecule has 1 amide bonds. The van der Waals surface area contributed by atoms with Gasteiger partial charge in [0.2, 0.25) is 0 Å². The second-order valence-electron chi connectivity index (χ2n) is 6.60. The summed E-state index contributed by atoms with van der Waals surface area (Å²) in [7, 11) is 0. The number of hydrogen-bond donors (Lipinski definition) is 1. The number of furan rings is 1. The number of fused-ring (bicyclic) bond motifs is 1. The van der Waals surface area contributed by atoms with Gasteiger partial charge in [-0.05, 0) is 48.5 Å². The Labute approximate surface area is 186 Å². The molecule has 0 saturated heterocycles. The van der Waals surface area contributed by atoms with E-state index in [2.05, 4.69) is 10.3 Å². The number of benzene rings is 2. The van der Waals surface area contributed by atoms with E-state index in [-0.39, 0.29) is 5.57 Å². The van der Waals surface area contributed by atoms with Gasteiger partial charge in [0.25, 0.3) is 11.7 Å². The number of anilines is 1. The summed E-state index contributed by atoms with van der Waals surface area (Å²) in [5, 5.41) is 13.0. The SMILES string of the molecule is N#C/C(=C\c1ccc(-c2ccc(SC(F)F)cc2)o1)C(=O)Nc1cccc2ncccc12. The molecule has 4 rings (SSSR count). The molecule has 0 radical (unpaired) electrons. The molecule has 2 heterocycles. The first-order valence-electron chi connectivity index (χ1n) is 9.45. The molecule has 8 heteroatoms. The summed E-state index contributed by atoms with van der Waals surface area (Å²) in [6, 6.07) is 20.6. The Morgan fingerprint density at radius 2 is 1.91 bits per heavy atom. The Morgan fingerprint density at radius 1 is 1.09 bits per heavy atom. The monoisotopic (exact) mass is 447 g/mol. The molecule has 0 aliphatic heterocycles. The molecule has 0 spiro atoms.